The van der Waals surface area contributed by atoms with Gasteiger partial charge in [-0.25, -0.2) is 13.2 Å². The van der Waals surface area contributed by atoms with Crippen molar-refractivity contribution in [2.24, 2.45) is 0 Å². The van der Waals surface area contributed by atoms with Crippen molar-refractivity contribution in [3.05, 3.63) is 35.4 Å². The molecule has 0 saturated carbocycles. The van der Waals surface area contributed by atoms with Gasteiger partial charge in [0.2, 0.25) is 11.6 Å². The molecule has 0 N–H and O–H groups in total. The molecule has 0 aliphatic heterocycles. The first-order chi connectivity index (χ1) is 8.06. The van der Waals surface area contributed by atoms with E-state index in [1.54, 1.807) is 0 Å². The Balaban J connectivity index is 3.54. The lowest BCUT2D eigenvalue weighted by Crippen LogP contribution is -2.25. The third-order valence-corrected chi connectivity index (χ3v) is 1.90. The van der Waals surface area contributed by atoms with Gasteiger partial charge in [0.05, 0.1) is 5.56 Å². The average molecular weight is 266 g/mol. The van der Waals surface area contributed by atoms with Gasteiger partial charge in [0.15, 0.2) is 17.4 Å². The molecule has 0 unspecified atom stereocenters. The Morgan fingerprint density at radius 1 is 0.944 bits per heavy atom. The van der Waals surface area contributed by atoms with E-state index < -0.39 is 46.0 Å². The number of hydrogen-bond donors (Lipinski definition) is 0. The molecule has 0 aliphatic rings. The van der Waals surface area contributed by atoms with E-state index in [4.69, 9.17) is 4.74 Å². The molecule has 100 valence electrons. The molecule has 1 rings (SSSR count). The highest BCUT2D eigenvalue weighted by Gasteiger charge is 2.30. The van der Waals surface area contributed by atoms with E-state index in [0.29, 0.717) is 0 Å². The quantitative estimate of drug-likeness (QED) is 0.571. The normalized spacial score (nSPS) is 11.6. The van der Waals surface area contributed by atoms with E-state index in [-0.39, 0.29) is 0 Å². The molecular weight excluding hydrogens is 255 g/mol. The second-order valence-corrected chi connectivity index (χ2v) is 4.58. The summed E-state index contributed by atoms with van der Waals surface area (Å²) in [6, 6.07) is 0. The van der Waals surface area contributed by atoms with Crippen LogP contribution < -0.4 is 4.74 Å². The van der Waals surface area contributed by atoms with Gasteiger partial charge in [0.25, 0.3) is 0 Å². The fourth-order valence-corrected chi connectivity index (χ4v) is 1.25. The van der Waals surface area contributed by atoms with Gasteiger partial charge in [-0.3, -0.25) is 0 Å². The lowest BCUT2D eigenvalue weighted by Gasteiger charge is -2.22. The molecule has 0 atom stereocenters. The first-order valence-electron chi connectivity index (χ1n) is 4.96. The summed E-state index contributed by atoms with van der Waals surface area (Å²) in [7, 11) is 0. The van der Waals surface area contributed by atoms with Crippen LogP contribution in [0.2, 0.25) is 0 Å². The van der Waals surface area contributed by atoms with E-state index in [0.717, 1.165) is 0 Å². The second kappa shape index (κ2) is 4.59. The Kier molecular flexibility index (Phi) is 3.69. The second-order valence-electron chi connectivity index (χ2n) is 4.58. The molecule has 6 heteroatoms. The summed E-state index contributed by atoms with van der Waals surface area (Å²) in [6.45, 7) is 6.92. The lowest BCUT2D eigenvalue weighted by molar-refractivity contribution is 0.114. The van der Waals surface area contributed by atoms with Crippen LogP contribution in [0.25, 0.3) is 5.83 Å². The van der Waals surface area contributed by atoms with Crippen LogP contribution in [0.4, 0.5) is 22.0 Å². The molecule has 0 saturated heterocycles. The van der Waals surface area contributed by atoms with Crippen LogP contribution in [0.3, 0.4) is 0 Å². The minimum atomic E-state index is -1.87. The van der Waals surface area contributed by atoms with E-state index in [2.05, 4.69) is 6.58 Å². The highest BCUT2D eigenvalue weighted by Crippen LogP contribution is 2.34. The van der Waals surface area contributed by atoms with Crippen LogP contribution >= 0.6 is 0 Å². The van der Waals surface area contributed by atoms with Crippen molar-refractivity contribution in [2.75, 3.05) is 0 Å². The van der Waals surface area contributed by atoms with Gasteiger partial charge in [0, 0.05) is 0 Å². The Morgan fingerprint density at radius 2 is 1.33 bits per heavy atom. The maximum atomic E-state index is 13.5. The predicted molar refractivity (Wildman–Crippen MR) is 56.8 cm³/mol. The fraction of sp³-hybridized carbons (Fsp3) is 0.333. The molecule has 0 radical (unpaired) electrons. The van der Waals surface area contributed by atoms with Crippen molar-refractivity contribution in [2.45, 2.75) is 26.4 Å². The summed E-state index contributed by atoms with van der Waals surface area (Å²) in [5.41, 5.74) is -2.54. The minimum absolute atomic E-state index is 1.07. The monoisotopic (exact) mass is 266 g/mol. The van der Waals surface area contributed by atoms with Crippen molar-refractivity contribution < 1.29 is 26.7 Å². The molecule has 0 aliphatic carbocycles. The zero-order valence-corrected chi connectivity index (χ0v) is 10.0. The summed E-state index contributed by atoms with van der Waals surface area (Å²) >= 11 is 0. The molecule has 0 amide bonds. The van der Waals surface area contributed by atoms with Gasteiger partial charge in [-0.1, -0.05) is 6.58 Å². The minimum Gasteiger partial charge on any atom is -0.482 e. The first-order valence-corrected chi connectivity index (χ1v) is 4.96. The zero-order valence-electron chi connectivity index (χ0n) is 10.0. The van der Waals surface area contributed by atoms with Gasteiger partial charge in [-0.05, 0) is 20.8 Å². The van der Waals surface area contributed by atoms with Crippen LogP contribution in [-0.2, 0) is 0 Å². The van der Waals surface area contributed by atoms with Crippen LogP contribution in [-0.4, -0.2) is 5.60 Å². The first kappa shape index (κ1) is 14.5. The van der Waals surface area contributed by atoms with Crippen molar-refractivity contribution in [3.8, 4) is 5.75 Å². The molecule has 0 spiro atoms. The maximum absolute atomic E-state index is 13.5. The third kappa shape index (κ3) is 2.63. The van der Waals surface area contributed by atoms with Crippen molar-refractivity contribution in [1.29, 1.82) is 0 Å². The largest absolute Gasteiger partial charge is 0.482 e. The topological polar surface area (TPSA) is 9.23 Å². The number of hydrogen-bond acceptors (Lipinski definition) is 1. The van der Waals surface area contributed by atoms with Crippen LogP contribution in [0.15, 0.2) is 6.58 Å². The number of ether oxygens (including phenoxy) is 1. The molecule has 0 heterocycles. The van der Waals surface area contributed by atoms with E-state index in [1.807, 2.05) is 0 Å². The molecule has 18 heavy (non-hydrogen) atoms. The van der Waals surface area contributed by atoms with Crippen LogP contribution in [0.1, 0.15) is 26.3 Å². The Hall–Kier alpha value is -1.59. The third-order valence-electron chi connectivity index (χ3n) is 1.90. The van der Waals surface area contributed by atoms with Gasteiger partial charge < -0.3 is 4.74 Å². The van der Waals surface area contributed by atoms with Crippen molar-refractivity contribution in [3.63, 3.8) is 0 Å². The lowest BCUT2D eigenvalue weighted by atomic mass is 10.1. The average Bonchev–Trinajstić information content (AvgIpc) is 2.20. The van der Waals surface area contributed by atoms with E-state index >= 15 is 0 Å². The molecule has 1 aromatic rings. The Bertz CT molecular complexity index is 473. The van der Waals surface area contributed by atoms with E-state index in [9.17, 15) is 22.0 Å². The molecule has 0 bridgehead atoms. The molecule has 1 nitrogen and oxygen atoms in total. The molecule has 0 fully saturated rings. The van der Waals surface area contributed by atoms with Gasteiger partial charge >= 0.3 is 0 Å². The number of benzene rings is 1. The maximum Gasteiger partial charge on any atom is 0.204 e. The highest BCUT2D eigenvalue weighted by molar-refractivity contribution is 5.59. The SMILES string of the molecule is C=C(F)c1c(F)c(F)c(OC(C)(C)C)c(F)c1F. The number of halogens is 5. The Labute approximate surface area is 101 Å². The summed E-state index contributed by atoms with van der Waals surface area (Å²) in [6.07, 6.45) is 0. The molecular formula is C12H11F5O. The fourth-order valence-electron chi connectivity index (χ4n) is 1.25. The standard InChI is InChI=1S/C12H11F5O/c1-5(13)6-7(14)9(16)11(10(17)8(6)15)18-12(2,3)4/h1H2,2-4H3. The summed E-state index contributed by atoms with van der Waals surface area (Å²) in [5, 5.41) is 0. The highest BCUT2D eigenvalue weighted by atomic mass is 19.2. The van der Waals surface area contributed by atoms with Gasteiger partial charge in [-0.15, -0.1) is 0 Å². The zero-order chi connectivity index (χ0) is 14.2. The van der Waals surface area contributed by atoms with Crippen LogP contribution in [0, 0.1) is 23.3 Å². The predicted octanol–water partition coefficient (Wildman–Crippen LogP) is 4.36. The Morgan fingerprint density at radius 3 is 1.61 bits per heavy atom. The van der Waals surface area contributed by atoms with Gasteiger partial charge in [0.1, 0.15) is 11.4 Å². The van der Waals surface area contributed by atoms with Gasteiger partial charge in [-0.2, -0.15) is 8.78 Å². The number of rotatable bonds is 2. The summed E-state index contributed by atoms with van der Waals surface area (Å²) < 4.78 is 71.2. The summed E-state index contributed by atoms with van der Waals surface area (Å²) in [5.74, 6) is -10.2. The smallest absolute Gasteiger partial charge is 0.204 e. The molecule has 0 aromatic heterocycles. The van der Waals surface area contributed by atoms with Crippen LogP contribution in [0.5, 0.6) is 5.75 Å². The van der Waals surface area contributed by atoms with E-state index in [1.165, 1.54) is 20.8 Å². The van der Waals surface area contributed by atoms with Crippen molar-refractivity contribution >= 4 is 5.83 Å². The van der Waals surface area contributed by atoms with Crippen molar-refractivity contribution in [1.82, 2.24) is 0 Å². The summed E-state index contributed by atoms with van der Waals surface area (Å²) in [4.78, 5) is 0. The molecule has 1 aromatic carbocycles.